The van der Waals surface area contributed by atoms with Crippen molar-refractivity contribution in [2.75, 3.05) is 19.7 Å². The quantitative estimate of drug-likeness (QED) is 0.743. The number of piperidine rings is 1. The molecular weight excluding hydrogens is 204 g/mol. The Hall–Kier alpha value is -0.610. The second-order valence-electron chi connectivity index (χ2n) is 4.76. The van der Waals surface area contributed by atoms with Crippen LogP contribution in [0.3, 0.4) is 0 Å². The monoisotopic (exact) mass is 226 g/mol. The molecule has 0 aromatic rings. The molecule has 0 aromatic carbocycles. The van der Waals surface area contributed by atoms with Crippen molar-refractivity contribution in [3.8, 4) is 0 Å². The van der Waals surface area contributed by atoms with Gasteiger partial charge in [0.25, 0.3) is 0 Å². The maximum atomic E-state index is 12.1. The smallest absolute Gasteiger partial charge is 0.226 e. The van der Waals surface area contributed by atoms with Gasteiger partial charge in [-0.15, -0.1) is 0 Å². The van der Waals surface area contributed by atoms with Gasteiger partial charge in [0.2, 0.25) is 5.91 Å². The number of amides is 1. The van der Waals surface area contributed by atoms with Crippen LogP contribution in [0.25, 0.3) is 0 Å². The molecule has 92 valence electrons. The molecule has 2 rings (SSSR count). The van der Waals surface area contributed by atoms with Crippen LogP contribution < -0.4 is 10.6 Å². The molecule has 0 spiro atoms. The molecule has 2 aliphatic rings. The standard InChI is InChI=1S/C12H22N2O2/c1-2-11-10(5-7-16-11)12(15)14-9-4-3-6-13-8-9/h9-11,13H,2-8H2,1H3,(H,14,15). The fourth-order valence-corrected chi connectivity index (χ4v) is 2.63. The van der Waals surface area contributed by atoms with Crippen molar-refractivity contribution in [2.45, 2.75) is 44.8 Å². The molecule has 4 heteroatoms. The van der Waals surface area contributed by atoms with Gasteiger partial charge in [0, 0.05) is 19.2 Å². The number of carbonyl (C=O) groups is 1. The molecule has 1 amide bonds. The molecule has 2 fully saturated rings. The number of hydrogen-bond donors (Lipinski definition) is 2. The first kappa shape index (κ1) is 11.9. The Morgan fingerprint density at radius 1 is 1.50 bits per heavy atom. The highest BCUT2D eigenvalue weighted by Gasteiger charge is 2.33. The normalized spacial score (nSPS) is 34.9. The number of carbonyl (C=O) groups excluding carboxylic acids is 1. The molecule has 4 nitrogen and oxygen atoms in total. The maximum Gasteiger partial charge on any atom is 0.226 e. The van der Waals surface area contributed by atoms with Gasteiger partial charge in [-0.1, -0.05) is 6.92 Å². The first-order valence-electron chi connectivity index (χ1n) is 6.44. The average Bonchev–Trinajstić information content (AvgIpc) is 2.78. The molecule has 2 aliphatic heterocycles. The molecule has 3 atom stereocenters. The van der Waals surface area contributed by atoms with E-state index in [9.17, 15) is 4.79 Å². The molecule has 2 saturated heterocycles. The number of hydrogen-bond acceptors (Lipinski definition) is 3. The van der Waals surface area contributed by atoms with E-state index in [1.165, 1.54) is 0 Å². The lowest BCUT2D eigenvalue weighted by Crippen LogP contribution is -2.48. The van der Waals surface area contributed by atoms with Crippen molar-refractivity contribution in [1.29, 1.82) is 0 Å². The zero-order chi connectivity index (χ0) is 11.4. The number of rotatable bonds is 3. The van der Waals surface area contributed by atoms with Crippen LogP contribution in [0.1, 0.15) is 32.6 Å². The fourth-order valence-electron chi connectivity index (χ4n) is 2.63. The van der Waals surface area contributed by atoms with Gasteiger partial charge in [0.1, 0.15) is 0 Å². The van der Waals surface area contributed by atoms with Crippen LogP contribution >= 0.6 is 0 Å². The molecule has 16 heavy (non-hydrogen) atoms. The van der Waals surface area contributed by atoms with Crippen molar-refractivity contribution in [1.82, 2.24) is 10.6 Å². The Kier molecular flexibility index (Phi) is 4.18. The predicted octanol–water partition coefficient (Wildman–Crippen LogP) is 0.670. The van der Waals surface area contributed by atoms with Crippen LogP contribution in [0.5, 0.6) is 0 Å². The topological polar surface area (TPSA) is 50.4 Å². The highest BCUT2D eigenvalue weighted by molar-refractivity contribution is 5.79. The molecule has 2 heterocycles. The summed E-state index contributed by atoms with van der Waals surface area (Å²) < 4.78 is 5.55. The van der Waals surface area contributed by atoms with Gasteiger partial charge >= 0.3 is 0 Å². The molecule has 0 saturated carbocycles. The zero-order valence-electron chi connectivity index (χ0n) is 10.00. The largest absolute Gasteiger partial charge is 0.377 e. The van der Waals surface area contributed by atoms with Gasteiger partial charge in [-0.2, -0.15) is 0 Å². The number of ether oxygens (including phenoxy) is 1. The van der Waals surface area contributed by atoms with E-state index < -0.39 is 0 Å². The summed E-state index contributed by atoms with van der Waals surface area (Å²) in [6.45, 7) is 4.81. The minimum Gasteiger partial charge on any atom is -0.377 e. The summed E-state index contributed by atoms with van der Waals surface area (Å²) in [6, 6.07) is 0.319. The highest BCUT2D eigenvalue weighted by atomic mass is 16.5. The van der Waals surface area contributed by atoms with E-state index >= 15 is 0 Å². The first-order chi connectivity index (χ1) is 7.81. The van der Waals surface area contributed by atoms with Crippen molar-refractivity contribution in [3.05, 3.63) is 0 Å². The van der Waals surface area contributed by atoms with E-state index in [-0.39, 0.29) is 17.9 Å². The van der Waals surface area contributed by atoms with E-state index in [0.717, 1.165) is 45.4 Å². The van der Waals surface area contributed by atoms with Crippen LogP contribution in [0.4, 0.5) is 0 Å². The van der Waals surface area contributed by atoms with Gasteiger partial charge in [-0.25, -0.2) is 0 Å². The second-order valence-corrected chi connectivity index (χ2v) is 4.76. The Morgan fingerprint density at radius 3 is 3.06 bits per heavy atom. The van der Waals surface area contributed by atoms with E-state index in [2.05, 4.69) is 17.6 Å². The second kappa shape index (κ2) is 5.64. The Labute approximate surface area is 97.1 Å². The molecule has 2 N–H and O–H groups in total. The Morgan fingerprint density at radius 2 is 2.38 bits per heavy atom. The van der Waals surface area contributed by atoms with Crippen molar-refractivity contribution < 1.29 is 9.53 Å². The minimum absolute atomic E-state index is 0.0759. The third kappa shape index (κ3) is 2.74. The van der Waals surface area contributed by atoms with Crippen LogP contribution in [0.15, 0.2) is 0 Å². The fraction of sp³-hybridized carbons (Fsp3) is 0.917. The van der Waals surface area contributed by atoms with Gasteiger partial charge in [-0.3, -0.25) is 4.79 Å². The Bertz CT molecular complexity index is 239. The zero-order valence-corrected chi connectivity index (χ0v) is 10.00. The lowest BCUT2D eigenvalue weighted by atomic mass is 9.97. The van der Waals surface area contributed by atoms with Crippen LogP contribution in [0, 0.1) is 5.92 Å². The molecular formula is C12H22N2O2. The summed E-state index contributed by atoms with van der Waals surface area (Å²) in [5, 5.41) is 6.45. The lowest BCUT2D eigenvalue weighted by Gasteiger charge is -2.26. The van der Waals surface area contributed by atoms with Crippen LogP contribution in [-0.2, 0) is 9.53 Å². The summed E-state index contributed by atoms with van der Waals surface area (Å²) in [5.74, 6) is 0.268. The summed E-state index contributed by atoms with van der Waals surface area (Å²) >= 11 is 0. The summed E-state index contributed by atoms with van der Waals surface area (Å²) in [4.78, 5) is 12.1. The Balaban J connectivity index is 1.82. The van der Waals surface area contributed by atoms with Crippen molar-refractivity contribution in [2.24, 2.45) is 5.92 Å². The SMILES string of the molecule is CCC1OCCC1C(=O)NC1CCCNC1. The predicted molar refractivity (Wildman–Crippen MR) is 62.2 cm³/mol. The summed E-state index contributed by atoms with van der Waals surface area (Å²) in [5.41, 5.74) is 0. The molecule has 0 radical (unpaired) electrons. The summed E-state index contributed by atoms with van der Waals surface area (Å²) in [6.07, 6.45) is 4.20. The van der Waals surface area contributed by atoms with E-state index in [4.69, 9.17) is 4.74 Å². The van der Waals surface area contributed by atoms with E-state index in [1.807, 2.05) is 0 Å². The highest BCUT2D eigenvalue weighted by Crippen LogP contribution is 2.23. The first-order valence-corrected chi connectivity index (χ1v) is 6.44. The van der Waals surface area contributed by atoms with Crippen LogP contribution in [0.2, 0.25) is 0 Å². The molecule has 0 aliphatic carbocycles. The van der Waals surface area contributed by atoms with E-state index in [1.54, 1.807) is 0 Å². The molecule has 0 aromatic heterocycles. The van der Waals surface area contributed by atoms with E-state index in [0.29, 0.717) is 6.04 Å². The third-order valence-corrected chi connectivity index (χ3v) is 3.59. The van der Waals surface area contributed by atoms with Gasteiger partial charge in [0.15, 0.2) is 0 Å². The molecule has 0 bridgehead atoms. The molecule has 3 unspecified atom stereocenters. The van der Waals surface area contributed by atoms with Crippen LogP contribution in [-0.4, -0.2) is 37.7 Å². The lowest BCUT2D eigenvalue weighted by molar-refractivity contribution is -0.127. The number of nitrogens with one attached hydrogen (secondary N) is 2. The van der Waals surface area contributed by atoms with Gasteiger partial charge in [-0.05, 0) is 32.2 Å². The van der Waals surface area contributed by atoms with Crippen molar-refractivity contribution in [3.63, 3.8) is 0 Å². The summed E-state index contributed by atoms with van der Waals surface area (Å²) in [7, 11) is 0. The van der Waals surface area contributed by atoms with Gasteiger partial charge < -0.3 is 15.4 Å². The third-order valence-electron chi connectivity index (χ3n) is 3.59. The average molecular weight is 226 g/mol. The maximum absolute atomic E-state index is 12.1. The van der Waals surface area contributed by atoms with Gasteiger partial charge in [0.05, 0.1) is 12.0 Å². The minimum atomic E-state index is 0.0759. The van der Waals surface area contributed by atoms with Crippen molar-refractivity contribution >= 4 is 5.91 Å².